The second-order valence-electron chi connectivity index (χ2n) is 5.64. The highest BCUT2D eigenvalue weighted by Crippen LogP contribution is 2.28. The van der Waals surface area contributed by atoms with Gasteiger partial charge in [-0.1, -0.05) is 13.3 Å². The van der Waals surface area contributed by atoms with Crippen molar-refractivity contribution in [2.24, 2.45) is 5.92 Å². The monoisotopic (exact) mass is 241 g/mol. The van der Waals surface area contributed by atoms with Gasteiger partial charge >= 0.3 is 6.09 Å². The summed E-state index contributed by atoms with van der Waals surface area (Å²) >= 11 is 0. The fraction of sp³-hybridized carbons (Fsp3) is 0.846. The molecule has 17 heavy (non-hydrogen) atoms. The van der Waals surface area contributed by atoms with Gasteiger partial charge in [0.1, 0.15) is 5.60 Å². The van der Waals surface area contributed by atoms with Crippen molar-refractivity contribution in [1.82, 2.24) is 5.32 Å². The lowest BCUT2D eigenvalue weighted by molar-refractivity contribution is -0.127. The van der Waals surface area contributed by atoms with Crippen molar-refractivity contribution in [2.75, 3.05) is 0 Å². The van der Waals surface area contributed by atoms with Crippen LogP contribution in [0.4, 0.5) is 4.79 Å². The molecule has 0 saturated heterocycles. The van der Waals surface area contributed by atoms with Gasteiger partial charge in [0.15, 0.2) is 5.78 Å². The lowest BCUT2D eigenvalue weighted by Gasteiger charge is -2.29. The fourth-order valence-corrected chi connectivity index (χ4v) is 1.80. The Balaban J connectivity index is 2.45. The summed E-state index contributed by atoms with van der Waals surface area (Å²) in [5.41, 5.74) is -0.526. The predicted octanol–water partition coefficient (Wildman–Crippen LogP) is 2.66. The highest BCUT2D eigenvalue weighted by molar-refractivity contribution is 5.89. The average molecular weight is 241 g/mol. The number of carbonyl (C=O) groups excluding carboxylic acids is 2. The van der Waals surface area contributed by atoms with Gasteiger partial charge in [-0.05, 0) is 40.0 Å². The Kier molecular flexibility index (Phi) is 4.54. The largest absolute Gasteiger partial charge is 0.444 e. The van der Waals surface area contributed by atoms with Crippen LogP contribution in [-0.2, 0) is 9.53 Å². The van der Waals surface area contributed by atoms with Crippen LogP contribution >= 0.6 is 0 Å². The molecule has 0 spiro atoms. The molecule has 1 N–H and O–H groups in total. The molecule has 1 saturated carbocycles. The maximum atomic E-state index is 12.0. The molecular weight excluding hydrogens is 218 g/mol. The molecule has 1 fully saturated rings. The normalized spacial score (nSPS) is 18.1. The number of ketones is 1. The van der Waals surface area contributed by atoms with Crippen LogP contribution in [0.1, 0.15) is 53.4 Å². The molecule has 4 nitrogen and oxygen atoms in total. The molecule has 1 aliphatic carbocycles. The SMILES string of the molecule is CC[C@@H](NC(=O)OC(C)(C)C)C(=O)C1CCC1. The van der Waals surface area contributed by atoms with Crippen LogP contribution in [0.15, 0.2) is 0 Å². The molecule has 1 amide bonds. The third-order valence-electron chi connectivity index (χ3n) is 2.95. The minimum absolute atomic E-state index is 0.148. The second-order valence-corrected chi connectivity index (χ2v) is 5.64. The van der Waals surface area contributed by atoms with Crippen LogP contribution in [0, 0.1) is 5.92 Å². The molecule has 4 heteroatoms. The standard InChI is InChI=1S/C13H23NO3/c1-5-10(11(15)9-7-6-8-9)14-12(16)17-13(2,3)4/h9-10H,5-8H2,1-4H3,(H,14,16)/t10-/m1/s1. The highest BCUT2D eigenvalue weighted by Gasteiger charge is 2.31. The maximum Gasteiger partial charge on any atom is 0.408 e. The highest BCUT2D eigenvalue weighted by atomic mass is 16.6. The molecule has 1 aliphatic rings. The second kappa shape index (κ2) is 5.52. The Hall–Kier alpha value is -1.06. The molecule has 1 rings (SSSR count). The van der Waals surface area contributed by atoms with Crippen molar-refractivity contribution in [1.29, 1.82) is 0 Å². The summed E-state index contributed by atoms with van der Waals surface area (Å²) in [6, 6.07) is -0.393. The first-order chi connectivity index (χ1) is 7.83. The van der Waals surface area contributed by atoms with Gasteiger partial charge < -0.3 is 10.1 Å². The number of hydrogen-bond donors (Lipinski definition) is 1. The molecule has 0 aromatic carbocycles. The zero-order valence-electron chi connectivity index (χ0n) is 11.2. The lowest BCUT2D eigenvalue weighted by Crippen LogP contribution is -2.46. The molecule has 98 valence electrons. The van der Waals surface area contributed by atoms with Crippen molar-refractivity contribution in [3.63, 3.8) is 0 Å². The number of amides is 1. The summed E-state index contributed by atoms with van der Waals surface area (Å²) in [4.78, 5) is 23.6. The zero-order valence-corrected chi connectivity index (χ0v) is 11.2. The summed E-state index contributed by atoms with van der Waals surface area (Å²) in [6.07, 6.45) is 3.17. The summed E-state index contributed by atoms with van der Waals surface area (Å²) < 4.78 is 5.15. The lowest BCUT2D eigenvalue weighted by atomic mass is 9.79. The van der Waals surface area contributed by atoms with Crippen LogP contribution in [0.5, 0.6) is 0 Å². The fourth-order valence-electron chi connectivity index (χ4n) is 1.80. The maximum absolute atomic E-state index is 12.0. The molecule has 0 bridgehead atoms. The van der Waals surface area contributed by atoms with Crippen molar-refractivity contribution in [3.05, 3.63) is 0 Å². The number of Topliss-reactive ketones (excluding diaryl/α,β-unsaturated/α-hetero) is 1. The zero-order chi connectivity index (χ0) is 13.1. The van der Waals surface area contributed by atoms with E-state index in [2.05, 4.69) is 5.32 Å². The van der Waals surface area contributed by atoms with Gasteiger partial charge in [-0.3, -0.25) is 4.79 Å². The summed E-state index contributed by atoms with van der Waals surface area (Å²) in [5.74, 6) is 0.305. The van der Waals surface area contributed by atoms with E-state index >= 15 is 0 Å². The number of alkyl carbamates (subject to hydrolysis) is 1. The van der Waals surface area contributed by atoms with E-state index in [1.54, 1.807) is 20.8 Å². The van der Waals surface area contributed by atoms with Crippen LogP contribution in [-0.4, -0.2) is 23.5 Å². The Morgan fingerprint density at radius 2 is 1.94 bits per heavy atom. The first kappa shape index (κ1) is 14.0. The predicted molar refractivity (Wildman–Crippen MR) is 65.8 cm³/mol. The number of nitrogens with one attached hydrogen (secondary N) is 1. The van der Waals surface area contributed by atoms with Crippen molar-refractivity contribution < 1.29 is 14.3 Å². The summed E-state index contributed by atoms with van der Waals surface area (Å²) in [7, 11) is 0. The van der Waals surface area contributed by atoms with Gasteiger partial charge in [0, 0.05) is 5.92 Å². The molecule has 0 radical (unpaired) electrons. The first-order valence-electron chi connectivity index (χ1n) is 6.36. The van der Waals surface area contributed by atoms with Gasteiger partial charge in [0.25, 0.3) is 0 Å². The molecule has 0 aliphatic heterocycles. The molecule has 0 unspecified atom stereocenters. The topological polar surface area (TPSA) is 55.4 Å². The van der Waals surface area contributed by atoms with Crippen LogP contribution in [0.25, 0.3) is 0 Å². The summed E-state index contributed by atoms with van der Waals surface area (Å²) in [5, 5.41) is 2.66. The Bertz CT molecular complexity index is 290. The minimum atomic E-state index is -0.526. The van der Waals surface area contributed by atoms with E-state index in [9.17, 15) is 9.59 Å². The van der Waals surface area contributed by atoms with E-state index in [-0.39, 0.29) is 11.7 Å². The molecule has 0 heterocycles. The third-order valence-corrected chi connectivity index (χ3v) is 2.95. The van der Waals surface area contributed by atoms with Gasteiger partial charge in [-0.25, -0.2) is 4.79 Å². The van der Waals surface area contributed by atoms with E-state index in [0.29, 0.717) is 6.42 Å². The van der Waals surface area contributed by atoms with Crippen LogP contribution in [0.2, 0.25) is 0 Å². The van der Waals surface area contributed by atoms with Crippen molar-refractivity contribution >= 4 is 11.9 Å². The Morgan fingerprint density at radius 3 is 2.29 bits per heavy atom. The van der Waals surface area contributed by atoms with Crippen molar-refractivity contribution in [3.8, 4) is 0 Å². The van der Waals surface area contributed by atoms with Gasteiger partial charge in [0.2, 0.25) is 0 Å². The molecular formula is C13H23NO3. The molecule has 0 aromatic heterocycles. The first-order valence-corrected chi connectivity index (χ1v) is 6.36. The molecule has 1 atom stereocenters. The average Bonchev–Trinajstić information content (AvgIpc) is 2.08. The smallest absolute Gasteiger partial charge is 0.408 e. The van der Waals surface area contributed by atoms with E-state index in [1.165, 1.54) is 0 Å². The number of ether oxygens (including phenoxy) is 1. The van der Waals surface area contributed by atoms with Crippen molar-refractivity contribution in [2.45, 2.75) is 65.0 Å². The van der Waals surface area contributed by atoms with Gasteiger partial charge in [-0.15, -0.1) is 0 Å². The van der Waals surface area contributed by atoms with Gasteiger partial charge in [0.05, 0.1) is 6.04 Å². The number of hydrogen-bond acceptors (Lipinski definition) is 3. The quantitative estimate of drug-likeness (QED) is 0.823. The number of carbonyl (C=O) groups is 2. The third kappa shape index (κ3) is 4.36. The Labute approximate surface area is 103 Å². The van der Waals surface area contributed by atoms with E-state index in [0.717, 1.165) is 19.3 Å². The Morgan fingerprint density at radius 1 is 1.35 bits per heavy atom. The van der Waals surface area contributed by atoms with E-state index in [4.69, 9.17) is 4.74 Å². The summed E-state index contributed by atoms with van der Waals surface area (Å²) in [6.45, 7) is 7.32. The van der Waals surface area contributed by atoms with E-state index < -0.39 is 17.7 Å². The minimum Gasteiger partial charge on any atom is -0.444 e. The van der Waals surface area contributed by atoms with Crippen LogP contribution in [0.3, 0.4) is 0 Å². The molecule has 0 aromatic rings. The van der Waals surface area contributed by atoms with E-state index in [1.807, 2.05) is 6.92 Å². The van der Waals surface area contributed by atoms with Gasteiger partial charge in [-0.2, -0.15) is 0 Å². The van der Waals surface area contributed by atoms with Crippen LogP contribution < -0.4 is 5.32 Å². The number of rotatable bonds is 4.